The first kappa shape index (κ1) is 28.6. The summed E-state index contributed by atoms with van der Waals surface area (Å²) >= 11 is 0. The summed E-state index contributed by atoms with van der Waals surface area (Å²) in [6.07, 6.45) is 17.0. The van der Waals surface area contributed by atoms with Crippen LogP contribution in [0, 0.1) is 5.41 Å². The van der Waals surface area contributed by atoms with Gasteiger partial charge in [0.25, 0.3) is 0 Å². The van der Waals surface area contributed by atoms with Gasteiger partial charge in [-0.25, -0.2) is 0 Å². The molecule has 0 saturated carbocycles. The lowest BCUT2D eigenvalue weighted by Gasteiger charge is -2.35. The molecule has 0 spiro atoms. The van der Waals surface area contributed by atoms with Crippen molar-refractivity contribution in [1.82, 2.24) is 0 Å². The van der Waals surface area contributed by atoms with Gasteiger partial charge in [-0.1, -0.05) is 80.1 Å². The molecule has 0 radical (unpaired) electrons. The highest BCUT2D eigenvalue weighted by Crippen LogP contribution is 2.14. The highest BCUT2D eigenvalue weighted by molar-refractivity contribution is 5.70. The Hall–Kier alpha value is -0.570. The summed E-state index contributed by atoms with van der Waals surface area (Å²) in [5.41, 5.74) is -0.694. The number of hydrogen-bond donors (Lipinski definition) is 0. The molecule has 0 atom stereocenters. The Morgan fingerprint density at radius 1 is 0.667 bits per heavy atom. The zero-order chi connectivity index (χ0) is 21.2. The number of carboxylic acid groups (broad SMARTS) is 1. The Labute approximate surface area is 171 Å². The summed E-state index contributed by atoms with van der Waals surface area (Å²) in [4.78, 5) is 9.91. The second-order valence-corrected chi connectivity index (χ2v) is 9.51. The number of carbonyl (C=O) groups is 1. The van der Waals surface area contributed by atoms with E-state index in [1.807, 2.05) is 0 Å². The molecule has 3 heteroatoms. The maximum Gasteiger partial charge on any atom is 0.0784 e. The van der Waals surface area contributed by atoms with Gasteiger partial charge in [-0.15, -0.1) is 0 Å². The average Bonchev–Trinajstić information content (AvgIpc) is 2.59. The van der Waals surface area contributed by atoms with Crippen molar-refractivity contribution in [2.24, 2.45) is 5.41 Å². The van der Waals surface area contributed by atoms with E-state index >= 15 is 0 Å². The van der Waals surface area contributed by atoms with E-state index in [9.17, 15) is 9.90 Å². The van der Waals surface area contributed by atoms with Crippen LogP contribution in [0.4, 0.5) is 0 Å². The molecule has 0 unspecified atom stereocenters. The minimum Gasteiger partial charge on any atom is -0.550 e. The molecule has 0 aromatic carbocycles. The summed E-state index contributed by atoms with van der Waals surface area (Å²) in [5.74, 6) is -1.01. The first-order valence-electron chi connectivity index (χ1n) is 11.7. The van der Waals surface area contributed by atoms with Gasteiger partial charge in [0.1, 0.15) is 0 Å². The first-order chi connectivity index (χ1) is 12.6. The number of unbranched alkanes of at least 4 members (excludes halogenated alkanes) is 9. The third-order valence-electron chi connectivity index (χ3n) is 5.27. The lowest BCUT2D eigenvalue weighted by atomic mass is 9.98. The number of carboxylic acids is 1. The highest BCUT2D eigenvalue weighted by atomic mass is 16.4. The average molecular weight is 386 g/mol. The third kappa shape index (κ3) is 20.0. The lowest BCUT2D eigenvalue weighted by molar-refractivity contribution is -0.910. The Bertz CT molecular complexity index is 302. The molecular weight excluding hydrogens is 334 g/mol. The van der Waals surface area contributed by atoms with Crippen molar-refractivity contribution in [1.29, 1.82) is 0 Å². The molecule has 0 aliphatic heterocycles. The fourth-order valence-electron chi connectivity index (χ4n) is 3.10. The molecule has 0 N–H and O–H groups in total. The van der Waals surface area contributed by atoms with Gasteiger partial charge in [-0.2, -0.15) is 0 Å². The van der Waals surface area contributed by atoms with Crippen molar-refractivity contribution < 1.29 is 14.4 Å². The zero-order valence-electron chi connectivity index (χ0n) is 19.9. The number of nitrogens with zero attached hydrogens (tertiary/aromatic N) is 1. The number of carbonyl (C=O) groups excluding carboxylic acids is 1. The van der Waals surface area contributed by atoms with E-state index in [0.717, 1.165) is 0 Å². The zero-order valence-corrected chi connectivity index (χ0v) is 19.9. The van der Waals surface area contributed by atoms with Crippen molar-refractivity contribution in [2.45, 2.75) is 119 Å². The van der Waals surface area contributed by atoms with Gasteiger partial charge in [0.2, 0.25) is 0 Å². The normalized spacial score (nSPS) is 11.8. The van der Waals surface area contributed by atoms with Crippen molar-refractivity contribution in [3.05, 3.63) is 0 Å². The van der Waals surface area contributed by atoms with Crippen molar-refractivity contribution >= 4 is 5.97 Å². The molecule has 0 aliphatic carbocycles. The van der Waals surface area contributed by atoms with Crippen molar-refractivity contribution in [2.75, 3.05) is 26.7 Å². The van der Waals surface area contributed by atoms with E-state index in [1.54, 1.807) is 20.8 Å². The Balaban J connectivity index is 0. The Kier molecular flexibility index (Phi) is 18.6. The van der Waals surface area contributed by atoms with Gasteiger partial charge >= 0.3 is 0 Å². The van der Waals surface area contributed by atoms with Gasteiger partial charge in [0, 0.05) is 11.4 Å². The molecule has 0 aliphatic rings. The third-order valence-corrected chi connectivity index (χ3v) is 5.27. The monoisotopic (exact) mass is 385 g/mol. The van der Waals surface area contributed by atoms with Crippen molar-refractivity contribution in [3.8, 4) is 0 Å². The summed E-state index contributed by atoms with van der Waals surface area (Å²) in [5, 5.41) is 9.91. The van der Waals surface area contributed by atoms with Gasteiger partial charge in [0.15, 0.2) is 0 Å². The van der Waals surface area contributed by atoms with Crippen LogP contribution in [0.1, 0.15) is 119 Å². The minimum absolute atomic E-state index is 0.694. The van der Waals surface area contributed by atoms with Gasteiger partial charge in [-0.3, -0.25) is 0 Å². The van der Waals surface area contributed by atoms with E-state index in [2.05, 4.69) is 27.8 Å². The number of rotatable bonds is 15. The lowest BCUT2D eigenvalue weighted by Crippen LogP contribution is -2.46. The molecule has 0 saturated heterocycles. The van der Waals surface area contributed by atoms with E-state index in [4.69, 9.17) is 0 Å². The minimum atomic E-state index is -1.01. The SMILES string of the molecule is CC(C)(C)C(=O)[O-].CCCCCC[N+](C)(CCCCCC)CCCCCC. The molecule has 0 rings (SSSR count). The summed E-state index contributed by atoms with van der Waals surface area (Å²) in [7, 11) is 2.52. The standard InChI is InChI=1S/C19H42N.C5H10O2/c1-5-8-11-14-17-20(4,18-15-12-9-6-2)19-16-13-10-7-3;1-5(2,3)4(6)7/h5-19H2,1-4H3;1-3H3,(H,6,7)/q+1;/p-1. The summed E-state index contributed by atoms with van der Waals surface area (Å²) in [6.45, 7) is 16.0. The molecule has 0 bridgehead atoms. The maximum absolute atomic E-state index is 9.91. The molecule has 0 amide bonds. The quantitative estimate of drug-likeness (QED) is 0.258. The van der Waals surface area contributed by atoms with E-state index in [1.165, 1.54) is 101 Å². The Morgan fingerprint density at radius 2 is 0.926 bits per heavy atom. The maximum atomic E-state index is 9.91. The fraction of sp³-hybridized carbons (Fsp3) is 0.958. The van der Waals surface area contributed by atoms with Crippen LogP contribution in [0.5, 0.6) is 0 Å². The molecule has 0 fully saturated rings. The molecule has 0 aromatic rings. The van der Waals surface area contributed by atoms with Crippen LogP contribution in [-0.4, -0.2) is 37.1 Å². The van der Waals surface area contributed by atoms with Crippen LogP contribution in [0.15, 0.2) is 0 Å². The van der Waals surface area contributed by atoms with Gasteiger partial charge < -0.3 is 14.4 Å². The predicted molar refractivity (Wildman–Crippen MR) is 118 cm³/mol. The van der Waals surface area contributed by atoms with Crippen LogP contribution < -0.4 is 5.11 Å². The van der Waals surface area contributed by atoms with Crippen molar-refractivity contribution in [3.63, 3.8) is 0 Å². The van der Waals surface area contributed by atoms with Crippen LogP contribution in [0.2, 0.25) is 0 Å². The van der Waals surface area contributed by atoms with Crippen LogP contribution in [0.3, 0.4) is 0 Å². The molecule has 27 heavy (non-hydrogen) atoms. The second kappa shape index (κ2) is 17.5. The summed E-state index contributed by atoms with van der Waals surface area (Å²) in [6, 6.07) is 0. The molecule has 0 aromatic heterocycles. The van der Waals surface area contributed by atoms with Crippen LogP contribution in [0.25, 0.3) is 0 Å². The van der Waals surface area contributed by atoms with Gasteiger partial charge in [0.05, 0.1) is 26.7 Å². The second-order valence-electron chi connectivity index (χ2n) is 9.51. The predicted octanol–water partition coefficient (Wildman–Crippen LogP) is 5.96. The number of aliphatic carboxylic acids is 1. The highest BCUT2D eigenvalue weighted by Gasteiger charge is 2.19. The molecule has 3 nitrogen and oxygen atoms in total. The van der Waals surface area contributed by atoms with Gasteiger partial charge in [-0.05, 0) is 38.5 Å². The Morgan fingerprint density at radius 3 is 1.11 bits per heavy atom. The summed E-state index contributed by atoms with van der Waals surface area (Å²) < 4.78 is 1.34. The largest absolute Gasteiger partial charge is 0.550 e. The molecule has 164 valence electrons. The smallest absolute Gasteiger partial charge is 0.0784 e. The van der Waals surface area contributed by atoms with E-state index < -0.39 is 11.4 Å². The van der Waals surface area contributed by atoms with E-state index in [0.29, 0.717) is 0 Å². The number of quaternary nitrogens is 1. The first-order valence-corrected chi connectivity index (χ1v) is 11.7. The topological polar surface area (TPSA) is 40.1 Å². The van der Waals surface area contributed by atoms with Crippen LogP contribution in [-0.2, 0) is 4.79 Å². The van der Waals surface area contributed by atoms with Crippen LogP contribution >= 0.6 is 0 Å². The van der Waals surface area contributed by atoms with E-state index in [-0.39, 0.29) is 0 Å². The molecule has 0 heterocycles. The fourth-order valence-corrected chi connectivity index (χ4v) is 3.10. The number of hydrogen-bond acceptors (Lipinski definition) is 2. The molecular formula is C24H51NO2.